The fourth-order valence-corrected chi connectivity index (χ4v) is 6.49. The van der Waals surface area contributed by atoms with Gasteiger partial charge in [0, 0.05) is 44.7 Å². The second kappa shape index (κ2) is 15.9. The Labute approximate surface area is 259 Å². The van der Waals surface area contributed by atoms with E-state index >= 15 is 0 Å². The molecule has 0 spiro atoms. The third-order valence-corrected chi connectivity index (χ3v) is 9.53. The van der Waals surface area contributed by atoms with Gasteiger partial charge in [-0.25, -0.2) is 9.78 Å². The van der Waals surface area contributed by atoms with Crippen LogP contribution in [0, 0.1) is 26.1 Å². The van der Waals surface area contributed by atoms with E-state index in [1.807, 2.05) is 0 Å². The van der Waals surface area contributed by atoms with E-state index in [-0.39, 0.29) is 30.1 Å². The van der Waals surface area contributed by atoms with Crippen LogP contribution in [0.5, 0.6) is 0 Å². The summed E-state index contributed by atoms with van der Waals surface area (Å²) in [4.78, 5) is 51.9. The fraction of sp³-hybridized carbons (Fsp3) is 0.593. The van der Waals surface area contributed by atoms with E-state index in [1.165, 1.54) is 17.1 Å². The van der Waals surface area contributed by atoms with Crippen molar-refractivity contribution in [3.8, 4) is 5.69 Å². The number of benzene rings is 1. The molecule has 1 fully saturated rings. The van der Waals surface area contributed by atoms with Crippen LogP contribution in [0.3, 0.4) is 0 Å². The normalized spacial score (nSPS) is 16.0. The molecule has 0 bridgehead atoms. The van der Waals surface area contributed by atoms with E-state index in [0.717, 1.165) is 64.5 Å². The number of carbonyl (C=O) groups excluding carboxylic acids is 2. The van der Waals surface area contributed by atoms with Crippen molar-refractivity contribution < 1.29 is 42.9 Å². The summed E-state index contributed by atoms with van der Waals surface area (Å²) in [5.74, 6) is -2.38. The molecule has 2 amide bonds. The minimum absolute atomic E-state index is 0.0269. The van der Waals surface area contributed by atoms with Crippen molar-refractivity contribution in [3.05, 3.63) is 56.6 Å². The number of alkyl carbamates (subject to hydrolysis) is 1. The quantitative estimate of drug-likeness (QED) is 0.141. The van der Waals surface area contributed by atoms with E-state index in [9.17, 15) is 39.5 Å². The maximum absolute atomic E-state index is 13.8. The fourth-order valence-electron chi connectivity index (χ4n) is 5.28. The smallest absolute Gasteiger partial charge is 0.408 e. The first-order valence-corrected chi connectivity index (χ1v) is 16.0. The number of rotatable bonds is 15. The first-order valence-electron chi connectivity index (χ1n) is 14.4. The minimum atomic E-state index is -4.05. The van der Waals surface area contributed by atoms with Gasteiger partial charge in [-0.2, -0.15) is 0 Å². The lowest BCUT2D eigenvalue weighted by Crippen LogP contribution is -2.54. The third kappa shape index (κ3) is 9.53. The number of ether oxygens (including phenoxy) is 1. The van der Waals surface area contributed by atoms with Gasteiger partial charge in [-0.15, -0.1) is 0 Å². The summed E-state index contributed by atoms with van der Waals surface area (Å²) < 4.78 is 29.7. The molecule has 0 saturated heterocycles. The van der Waals surface area contributed by atoms with Crippen LogP contribution < -0.4 is 10.6 Å². The molecule has 2 aromatic rings. The molecule has 1 unspecified atom stereocenters. The average molecular weight is 655 g/mol. The third-order valence-electron chi connectivity index (χ3n) is 7.50. The van der Waals surface area contributed by atoms with Gasteiger partial charge in [0.05, 0.1) is 40.1 Å². The number of nitro groups is 2. The molecular formula is C27H39N6O11P. The predicted octanol–water partition coefficient (Wildman–Crippen LogP) is 3.99. The van der Waals surface area contributed by atoms with Gasteiger partial charge in [0.1, 0.15) is 6.04 Å². The van der Waals surface area contributed by atoms with Gasteiger partial charge in [-0.1, -0.05) is 32.1 Å². The maximum atomic E-state index is 13.8. The van der Waals surface area contributed by atoms with Crippen LogP contribution in [0.2, 0.25) is 0 Å². The van der Waals surface area contributed by atoms with Crippen molar-refractivity contribution in [1.82, 2.24) is 20.2 Å². The van der Waals surface area contributed by atoms with Crippen LogP contribution in [0.4, 0.5) is 16.2 Å². The van der Waals surface area contributed by atoms with E-state index < -0.39 is 64.9 Å². The molecular weight excluding hydrogens is 615 g/mol. The van der Waals surface area contributed by atoms with E-state index in [1.54, 1.807) is 13.8 Å². The van der Waals surface area contributed by atoms with Crippen LogP contribution in [0.1, 0.15) is 58.1 Å². The van der Waals surface area contributed by atoms with Crippen molar-refractivity contribution in [3.63, 3.8) is 0 Å². The van der Waals surface area contributed by atoms with Crippen LogP contribution in [-0.2, 0) is 29.6 Å². The van der Waals surface area contributed by atoms with Gasteiger partial charge in [0.25, 0.3) is 11.4 Å². The Hall–Kier alpha value is -3.92. The Morgan fingerprint density at radius 3 is 2.20 bits per heavy atom. The Morgan fingerprint density at radius 1 is 1.07 bits per heavy atom. The number of hydrogen-bond donors (Lipinski definition) is 3. The number of nitrogens with zero attached hydrogens (tertiary/aromatic N) is 4. The monoisotopic (exact) mass is 654 g/mol. The summed E-state index contributed by atoms with van der Waals surface area (Å²) in [5.41, 5.74) is -0.795. The molecule has 248 valence electrons. The summed E-state index contributed by atoms with van der Waals surface area (Å²) in [6.45, 7) is 3.23. The first kappa shape index (κ1) is 35.6. The summed E-state index contributed by atoms with van der Waals surface area (Å²) in [7, 11) is -1.81. The minimum Gasteiger partial charge on any atom is -0.447 e. The van der Waals surface area contributed by atoms with Crippen LogP contribution >= 0.6 is 7.60 Å². The standard InChI is InChI=1S/C27H39N6O11P/c1-17(2)44-27(36)30-23(14-22-15-28-16-31(22)19-11-20(32(37)38)13-21(12-19)33(39)40)25(34)29-24(10-18-8-6-5-7-9-18)26(35)45(41,42-3)43-4/h11-13,15-18,23-24,26,35H,5-10,14H2,1-4H3,(H,29,34)(H,30,36)/t23-,24-,26?/m0/s1. The van der Waals surface area contributed by atoms with Gasteiger partial charge in [0.15, 0.2) is 5.85 Å². The molecule has 1 aliphatic carbocycles. The number of carbonyl (C=O) groups is 2. The molecule has 45 heavy (non-hydrogen) atoms. The molecule has 1 aliphatic rings. The highest BCUT2D eigenvalue weighted by Gasteiger charge is 2.41. The Morgan fingerprint density at radius 2 is 1.67 bits per heavy atom. The molecule has 18 heteroatoms. The van der Waals surface area contributed by atoms with Crippen molar-refractivity contribution in [2.24, 2.45) is 5.92 Å². The molecule has 1 aromatic heterocycles. The SMILES string of the molecule is COP(=O)(OC)C(O)[C@H](CC1CCCCC1)NC(=O)[C@H](Cc1cncn1-c1cc([N+](=O)[O-])cc([N+](=O)[O-])c1)NC(=O)OC(C)C. The number of aliphatic hydroxyl groups is 1. The number of amides is 2. The number of nitrogens with one attached hydrogen (secondary N) is 2. The lowest BCUT2D eigenvalue weighted by molar-refractivity contribution is -0.394. The van der Waals surface area contributed by atoms with E-state index in [4.69, 9.17) is 13.8 Å². The summed E-state index contributed by atoms with van der Waals surface area (Å²) >= 11 is 0. The highest BCUT2D eigenvalue weighted by atomic mass is 31.2. The number of nitro benzene ring substituents is 2. The lowest BCUT2D eigenvalue weighted by atomic mass is 9.85. The number of imidazole rings is 1. The molecule has 17 nitrogen and oxygen atoms in total. The van der Waals surface area contributed by atoms with Gasteiger partial charge in [-0.05, 0) is 26.2 Å². The average Bonchev–Trinajstić information content (AvgIpc) is 3.47. The lowest BCUT2D eigenvalue weighted by Gasteiger charge is -2.33. The summed E-state index contributed by atoms with van der Waals surface area (Å²) in [6, 6.07) is 0.595. The number of non-ortho nitro benzene ring substituents is 2. The number of hydrogen-bond acceptors (Lipinski definition) is 12. The highest BCUT2D eigenvalue weighted by Crippen LogP contribution is 2.52. The number of aromatic nitrogens is 2. The summed E-state index contributed by atoms with van der Waals surface area (Å²) in [5, 5.41) is 39.2. The number of aliphatic hydroxyl groups excluding tert-OH is 1. The molecule has 3 atom stereocenters. The molecule has 3 rings (SSSR count). The van der Waals surface area contributed by atoms with Gasteiger partial charge in [-0.3, -0.25) is 29.6 Å². The molecule has 0 radical (unpaired) electrons. The zero-order valence-electron chi connectivity index (χ0n) is 25.5. The zero-order valence-corrected chi connectivity index (χ0v) is 26.4. The van der Waals surface area contributed by atoms with Crippen molar-refractivity contribution in [1.29, 1.82) is 0 Å². The highest BCUT2D eigenvalue weighted by molar-refractivity contribution is 7.54. The largest absolute Gasteiger partial charge is 0.447 e. The van der Waals surface area contributed by atoms with Crippen LogP contribution in [0.25, 0.3) is 5.69 Å². The Balaban J connectivity index is 1.97. The zero-order chi connectivity index (χ0) is 33.3. The van der Waals surface area contributed by atoms with Crippen LogP contribution in [-0.4, -0.2) is 74.8 Å². The molecule has 1 heterocycles. The maximum Gasteiger partial charge on any atom is 0.408 e. The molecule has 0 aliphatic heterocycles. The van der Waals surface area contributed by atoms with Crippen molar-refractivity contribution >= 4 is 31.0 Å². The van der Waals surface area contributed by atoms with E-state index in [0.29, 0.717) is 0 Å². The molecule has 1 saturated carbocycles. The second-order valence-corrected chi connectivity index (χ2v) is 13.3. The van der Waals surface area contributed by atoms with E-state index in [2.05, 4.69) is 15.6 Å². The Bertz CT molecular complexity index is 1370. The van der Waals surface area contributed by atoms with Gasteiger partial charge in [0.2, 0.25) is 5.91 Å². The summed E-state index contributed by atoms with van der Waals surface area (Å²) in [6.07, 6.45) is 5.84. The van der Waals surface area contributed by atoms with Crippen LogP contribution in [0.15, 0.2) is 30.7 Å². The van der Waals surface area contributed by atoms with Gasteiger partial charge >= 0.3 is 13.7 Å². The van der Waals surface area contributed by atoms with Gasteiger partial charge < -0.3 is 34.1 Å². The van der Waals surface area contributed by atoms with Crippen molar-refractivity contribution in [2.45, 2.75) is 82.8 Å². The predicted molar refractivity (Wildman–Crippen MR) is 160 cm³/mol. The topological polar surface area (TPSA) is 227 Å². The second-order valence-electron chi connectivity index (χ2n) is 11.0. The Kier molecular flexibility index (Phi) is 12.6. The molecule has 1 aromatic carbocycles. The molecule has 3 N–H and O–H groups in total. The first-order chi connectivity index (χ1) is 21.3. The van der Waals surface area contributed by atoms with Crippen molar-refractivity contribution in [2.75, 3.05) is 14.2 Å².